The van der Waals surface area contributed by atoms with Gasteiger partial charge in [-0.1, -0.05) is 71.4 Å². The molecule has 0 radical (unpaired) electrons. The van der Waals surface area contributed by atoms with Crippen LogP contribution in [0.3, 0.4) is 0 Å². The molecule has 31 heavy (non-hydrogen) atoms. The lowest BCUT2D eigenvalue weighted by Crippen LogP contribution is -2.05. The smallest absolute Gasteiger partial charge is 0.319 e. The molecule has 0 aliphatic heterocycles. The van der Waals surface area contributed by atoms with Crippen LogP contribution in [0.5, 0.6) is 0 Å². The predicted octanol–water partition coefficient (Wildman–Crippen LogP) is 7.90. The van der Waals surface area contributed by atoms with Crippen LogP contribution in [0.1, 0.15) is 16.7 Å². The molecule has 1 aromatic heterocycles. The van der Waals surface area contributed by atoms with Crippen LogP contribution in [0.4, 0.5) is 13.2 Å². The van der Waals surface area contributed by atoms with Crippen LogP contribution in [0.25, 0.3) is 11.0 Å². The van der Waals surface area contributed by atoms with Gasteiger partial charge in [0, 0.05) is 12.3 Å². The van der Waals surface area contributed by atoms with Gasteiger partial charge in [-0.15, -0.1) is 0 Å². The monoisotopic (exact) mass is 480 g/mol. The lowest BCUT2D eigenvalue weighted by Gasteiger charge is -2.10. The summed E-state index contributed by atoms with van der Waals surface area (Å²) in [6.45, 7) is 0.607. The molecule has 0 saturated carbocycles. The highest BCUT2D eigenvalue weighted by Gasteiger charge is 2.31. The van der Waals surface area contributed by atoms with Gasteiger partial charge >= 0.3 is 6.18 Å². The summed E-state index contributed by atoms with van der Waals surface area (Å²) in [7, 11) is 0. The van der Waals surface area contributed by atoms with Crippen molar-refractivity contribution in [2.45, 2.75) is 30.1 Å². The highest BCUT2D eigenvalue weighted by atomic mass is 35.5. The van der Waals surface area contributed by atoms with Crippen LogP contribution in [-0.4, -0.2) is 9.55 Å². The van der Waals surface area contributed by atoms with Crippen LogP contribution in [-0.2, 0) is 24.9 Å². The second kappa shape index (κ2) is 9.15. The molecule has 0 aliphatic rings. The molecule has 0 aliphatic carbocycles. The van der Waals surface area contributed by atoms with Crippen molar-refractivity contribution in [3.8, 4) is 0 Å². The Balaban J connectivity index is 1.66. The zero-order valence-electron chi connectivity index (χ0n) is 16.2. The minimum absolute atomic E-state index is 0.333. The number of nitrogens with zero attached hydrogens (tertiary/aromatic N) is 2. The van der Waals surface area contributed by atoms with Gasteiger partial charge < -0.3 is 4.57 Å². The number of halogens is 5. The zero-order valence-corrected chi connectivity index (χ0v) is 18.5. The maximum absolute atomic E-state index is 13.2. The van der Waals surface area contributed by atoms with Crippen molar-refractivity contribution >= 4 is 46.0 Å². The van der Waals surface area contributed by atoms with E-state index in [2.05, 4.69) is 4.98 Å². The normalized spacial score (nSPS) is 11.9. The highest BCUT2D eigenvalue weighted by molar-refractivity contribution is 7.98. The van der Waals surface area contributed by atoms with Gasteiger partial charge in [0.25, 0.3) is 0 Å². The van der Waals surface area contributed by atoms with Crippen LogP contribution < -0.4 is 0 Å². The third-order valence-corrected chi connectivity index (χ3v) is 6.65. The van der Waals surface area contributed by atoms with Gasteiger partial charge in [-0.3, -0.25) is 0 Å². The van der Waals surface area contributed by atoms with E-state index in [0.717, 1.165) is 29.7 Å². The SMILES string of the molecule is FC(F)(F)c1ccc2c(c1)nc(SCc1ccc(Cl)c(Cl)c1)n2CCc1ccccc1. The quantitative estimate of drug-likeness (QED) is 0.261. The van der Waals surface area contributed by atoms with Crippen molar-refractivity contribution in [1.29, 1.82) is 0 Å². The maximum Gasteiger partial charge on any atom is 0.416 e. The molecule has 2 nitrogen and oxygen atoms in total. The molecule has 0 N–H and O–H groups in total. The van der Waals surface area contributed by atoms with Gasteiger partial charge in [-0.25, -0.2) is 4.98 Å². The Morgan fingerprint density at radius 3 is 2.35 bits per heavy atom. The number of aromatic nitrogens is 2. The molecule has 8 heteroatoms. The summed E-state index contributed by atoms with van der Waals surface area (Å²) in [4.78, 5) is 4.52. The first-order valence-corrected chi connectivity index (χ1v) is 11.2. The molecule has 0 atom stereocenters. The lowest BCUT2D eigenvalue weighted by atomic mass is 10.1. The summed E-state index contributed by atoms with van der Waals surface area (Å²) in [6.07, 6.45) is -3.66. The number of fused-ring (bicyclic) bond motifs is 1. The van der Waals surface area contributed by atoms with E-state index in [1.54, 1.807) is 12.1 Å². The number of aryl methyl sites for hydroxylation is 2. The lowest BCUT2D eigenvalue weighted by molar-refractivity contribution is -0.137. The first-order chi connectivity index (χ1) is 14.8. The Morgan fingerprint density at radius 1 is 0.871 bits per heavy atom. The molecule has 0 spiro atoms. The summed E-state index contributed by atoms with van der Waals surface area (Å²) in [5.41, 5.74) is 2.42. The second-order valence-corrected chi connectivity index (χ2v) is 8.78. The molecule has 0 saturated heterocycles. The van der Waals surface area contributed by atoms with Crippen LogP contribution in [0, 0.1) is 0 Å². The van der Waals surface area contributed by atoms with Gasteiger partial charge in [0.05, 0.1) is 26.6 Å². The van der Waals surface area contributed by atoms with Crippen LogP contribution in [0.15, 0.2) is 71.9 Å². The van der Waals surface area contributed by atoms with E-state index in [1.165, 1.54) is 17.8 Å². The Hall–Kier alpha value is -2.15. The maximum atomic E-state index is 13.2. The molecule has 3 aromatic carbocycles. The standard InChI is InChI=1S/C23H17Cl2F3N2S/c24-18-8-6-16(12-19(18)25)14-31-22-29-20-13-17(23(26,27)28)7-9-21(20)30(22)11-10-15-4-2-1-3-5-15/h1-9,12-13H,10-11,14H2. The number of hydrogen-bond donors (Lipinski definition) is 0. The molecular weight excluding hydrogens is 464 g/mol. The van der Waals surface area contributed by atoms with Crippen molar-refractivity contribution in [1.82, 2.24) is 9.55 Å². The van der Waals surface area contributed by atoms with Crippen LogP contribution in [0.2, 0.25) is 10.0 Å². The molecule has 0 amide bonds. The topological polar surface area (TPSA) is 17.8 Å². The summed E-state index contributed by atoms with van der Waals surface area (Å²) < 4.78 is 41.5. The number of benzene rings is 3. The number of alkyl halides is 3. The summed E-state index contributed by atoms with van der Waals surface area (Å²) in [5, 5.41) is 1.61. The molecule has 0 unspecified atom stereocenters. The summed E-state index contributed by atoms with van der Waals surface area (Å²) in [6, 6.07) is 19.1. The molecule has 160 valence electrons. The van der Waals surface area contributed by atoms with E-state index >= 15 is 0 Å². The predicted molar refractivity (Wildman–Crippen MR) is 121 cm³/mol. The Morgan fingerprint density at radius 2 is 1.65 bits per heavy atom. The van der Waals surface area contributed by atoms with Gasteiger partial charge in [0.15, 0.2) is 5.16 Å². The van der Waals surface area contributed by atoms with Gasteiger partial charge in [0.2, 0.25) is 0 Å². The zero-order chi connectivity index (χ0) is 22.0. The number of thioether (sulfide) groups is 1. The van der Waals surface area contributed by atoms with E-state index < -0.39 is 11.7 Å². The summed E-state index contributed by atoms with van der Waals surface area (Å²) >= 11 is 13.5. The molecule has 4 aromatic rings. The Kier molecular flexibility index (Phi) is 6.51. The molecule has 4 rings (SSSR count). The number of rotatable bonds is 6. The third kappa shape index (κ3) is 5.20. The average Bonchev–Trinajstić information content (AvgIpc) is 3.10. The molecule has 1 heterocycles. The van der Waals surface area contributed by atoms with E-state index in [9.17, 15) is 13.2 Å². The van der Waals surface area contributed by atoms with Gasteiger partial charge in [0.1, 0.15) is 0 Å². The van der Waals surface area contributed by atoms with Crippen molar-refractivity contribution in [2.24, 2.45) is 0 Å². The van der Waals surface area contributed by atoms with Crippen molar-refractivity contribution < 1.29 is 13.2 Å². The Labute approximate surface area is 192 Å². The fourth-order valence-electron chi connectivity index (χ4n) is 3.27. The largest absolute Gasteiger partial charge is 0.416 e. The Bertz CT molecular complexity index is 1210. The van der Waals surface area contributed by atoms with Crippen molar-refractivity contribution in [3.05, 3.63) is 93.5 Å². The van der Waals surface area contributed by atoms with E-state index in [0.29, 0.717) is 38.5 Å². The van der Waals surface area contributed by atoms with Gasteiger partial charge in [-0.05, 0) is 47.9 Å². The van der Waals surface area contributed by atoms with E-state index in [-0.39, 0.29) is 0 Å². The second-order valence-electron chi connectivity index (χ2n) is 7.02. The molecule has 0 bridgehead atoms. The van der Waals surface area contributed by atoms with Crippen LogP contribution >= 0.6 is 35.0 Å². The van der Waals surface area contributed by atoms with E-state index in [1.807, 2.05) is 41.0 Å². The van der Waals surface area contributed by atoms with Gasteiger partial charge in [-0.2, -0.15) is 13.2 Å². The van der Waals surface area contributed by atoms with E-state index in [4.69, 9.17) is 23.2 Å². The average molecular weight is 481 g/mol. The van der Waals surface area contributed by atoms with Crippen molar-refractivity contribution in [3.63, 3.8) is 0 Å². The minimum atomic E-state index is -4.41. The third-order valence-electron chi connectivity index (χ3n) is 4.86. The molecular formula is C23H17Cl2F3N2S. The number of imidazole rings is 1. The first-order valence-electron chi connectivity index (χ1n) is 9.49. The number of hydrogen-bond acceptors (Lipinski definition) is 2. The fourth-order valence-corrected chi connectivity index (χ4v) is 4.58. The minimum Gasteiger partial charge on any atom is -0.319 e. The molecule has 0 fully saturated rings. The highest BCUT2D eigenvalue weighted by Crippen LogP contribution is 2.34. The summed E-state index contributed by atoms with van der Waals surface area (Å²) in [5.74, 6) is 0.567. The fraction of sp³-hybridized carbons (Fsp3) is 0.174. The first kappa shape index (κ1) is 22.1. The van der Waals surface area contributed by atoms with Crippen molar-refractivity contribution in [2.75, 3.05) is 0 Å².